The molecule has 0 saturated heterocycles. The minimum absolute atomic E-state index is 1.83. The second-order valence-corrected chi connectivity index (χ2v) is 0.565. The summed E-state index contributed by atoms with van der Waals surface area (Å²) < 4.78 is 0. The Bertz CT molecular complexity index is 70.0. The third kappa shape index (κ3) is 228. The fourth-order valence-electron chi connectivity index (χ4n) is 0. The van der Waals surface area contributed by atoms with Crippen molar-refractivity contribution in [1.29, 1.82) is 0 Å². The Labute approximate surface area is 71.1 Å². The Balaban J connectivity index is -0.0000000380. The highest BCUT2D eigenvalue weighted by Crippen LogP contribution is 1.43. The van der Waals surface area contributed by atoms with Crippen molar-refractivity contribution in [3.63, 3.8) is 0 Å². The van der Waals surface area contributed by atoms with Gasteiger partial charge in [-0.3, -0.25) is 0 Å². The van der Waals surface area contributed by atoms with Gasteiger partial charge in [0.25, 0.3) is 0 Å². The number of carboxylic acid groups (broad SMARTS) is 4. The summed E-state index contributed by atoms with van der Waals surface area (Å²) in [6, 6.07) is 0. The van der Waals surface area contributed by atoms with Crippen LogP contribution in [0.4, 0.5) is 9.59 Å². The van der Waals surface area contributed by atoms with Crippen molar-refractivity contribution in [3.05, 3.63) is 0 Å². The number of rotatable bonds is 0. The lowest BCUT2D eigenvalue weighted by molar-refractivity contribution is 0.135. The highest BCUT2D eigenvalue weighted by molar-refractivity contribution is 5.53. The Morgan fingerprint density at radius 1 is 0.667 bits per heavy atom. The van der Waals surface area contributed by atoms with Crippen LogP contribution in [0.15, 0.2) is 0 Å². The molecule has 0 amide bonds. The molecule has 0 bridgehead atoms. The Morgan fingerprint density at radius 2 is 0.667 bits per heavy atom. The first-order chi connectivity index (χ1) is 5.46. The Hall–Kier alpha value is -1.46. The Kier molecular flexibility index (Phi) is 63.1. The van der Waals surface area contributed by atoms with Gasteiger partial charge in [0, 0.05) is 0 Å². The molecule has 0 aliphatic heterocycles. The normalized spacial score (nSPS) is 5.00. The van der Waals surface area contributed by atoms with Crippen LogP contribution in [0.1, 0.15) is 27.7 Å². The molecule has 0 aromatic heterocycles. The molecule has 0 spiro atoms. The van der Waals surface area contributed by atoms with Crippen molar-refractivity contribution in [3.8, 4) is 0 Å². The molecule has 0 heterocycles. The number of carbonyl (C=O) groups is 2. The van der Waals surface area contributed by atoms with Crippen LogP contribution in [0.5, 0.6) is 0 Å². The van der Waals surface area contributed by atoms with Gasteiger partial charge in [-0.2, -0.15) is 0 Å². The molecular weight excluding hydrogens is 168 g/mol. The molecule has 0 aliphatic carbocycles. The van der Waals surface area contributed by atoms with Crippen LogP contribution in [0, 0.1) is 0 Å². The van der Waals surface area contributed by atoms with Crippen LogP contribution in [0.3, 0.4) is 0 Å². The van der Waals surface area contributed by atoms with E-state index in [1.165, 1.54) is 0 Å². The molecule has 0 atom stereocenters. The maximum atomic E-state index is 8.56. The largest absolute Gasteiger partial charge is 0.503 e. The first-order valence-electron chi connectivity index (χ1n) is 3.30. The third-order valence-corrected chi connectivity index (χ3v) is 0. The SMILES string of the molecule is CC.CC.O=C(O)O.O=C(O)O. The van der Waals surface area contributed by atoms with Crippen molar-refractivity contribution in [2.24, 2.45) is 0 Å². The van der Waals surface area contributed by atoms with Crippen molar-refractivity contribution in [2.75, 3.05) is 0 Å². The monoisotopic (exact) mass is 184 g/mol. The lowest BCUT2D eigenvalue weighted by Gasteiger charge is -1.60. The van der Waals surface area contributed by atoms with E-state index in [1.807, 2.05) is 27.7 Å². The molecule has 0 aromatic rings. The van der Waals surface area contributed by atoms with E-state index >= 15 is 0 Å². The minimum atomic E-state index is -1.83. The molecule has 76 valence electrons. The highest BCUT2D eigenvalue weighted by atomic mass is 16.6. The summed E-state index contributed by atoms with van der Waals surface area (Å²) in [7, 11) is 0. The van der Waals surface area contributed by atoms with E-state index < -0.39 is 12.3 Å². The number of hydrogen-bond acceptors (Lipinski definition) is 2. The summed E-state index contributed by atoms with van der Waals surface area (Å²) in [6.07, 6.45) is -3.67. The summed E-state index contributed by atoms with van der Waals surface area (Å²) in [6.45, 7) is 8.00. The molecule has 0 radical (unpaired) electrons. The van der Waals surface area contributed by atoms with Crippen LogP contribution in [0.25, 0.3) is 0 Å². The van der Waals surface area contributed by atoms with E-state index in [9.17, 15) is 0 Å². The van der Waals surface area contributed by atoms with Crippen LogP contribution >= 0.6 is 0 Å². The first kappa shape index (κ1) is 22.4. The van der Waals surface area contributed by atoms with Gasteiger partial charge < -0.3 is 20.4 Å². The molecule has 0 fully saturated rings. The van der Waals surface area contributed by atoms with Gasteiger partial charge in [-0.05, 0) is 0 Å². The van der Waals surface area contributed by atoms with E-state index in [1.54, 1.807) is 0 Å². The molecule has 12 heavy (non-hydrogen) atoms. The molecule has 4 N–H and O–H groups in total. The Morgan fingerprint density at radius 3 is 0.667 bits per heavy atom. The van der Waals surface area contributed by atoms with Gasteiger partial charge in [-0.1, -0.05) is 27.7 Å². The quantitative estimate of drug-likeness (QED) is 0.459. The number of hydrogen-bond donors (Lipinski definition) is 4. The summed E-state index contributed by atoms with van der Waals surface area (Å²) in [5, 5.41) is 27.9. The van der Waals surface area contributed by atoms with E-state index in [0.717, 1.165) is 0 Å². The van der Waals surface area contributed by atoms with Gasteiger partial charge in [0.05, 0.1) is 0 Å². The van der Waals surface area contributed by atoms with Gasteiger partial charge in [0.1, 0.15) is 0 Å². The smallest absolute Gasteiger partial charge is 0.450 e. The van der Waals surface area contributed by atoms with E-state index in [4.69, 9.17) is 30.0 Å². The maximum absolute atomic E-state index is 8.56. The average Bonchev–Trinajstić information content (AvgIpc) is 1.93. The zero-order chi connectivity index (χ0) is 11.2. The first-order valence-corrected chi connectivity index (χ1v) is 3.30. The summed E-state index contributed by atoms with van der Waals surface area (Å²) in [5.74, 6) is 0. The molecule has 0 aromatic carbocycles. The van der Waals surface area contributed by atoms with Crippen molar-refractivity contribution in [2.45, 2.75) is 27.7 Å². The zero-order valence-electron chi connectivity index (χ0n) is 7.61. The van der Waals surface area contributed by atoms with Gasteiger partial charge in [0.15, 0.2) is 0 Å². The van der Waals surface area contributed by atoms with E-state index in [0.29, 0.717) is 0 Å². The standard InChI is InChI=1S/2C2H6.2CH2O3/c2*1-2;2*2-1(3)4/h2*1-2H3;2*(H2,2,3,4). The van der Waals surface area contributed by atoms with Gasteiger partial charge in [-0.25, -0.2) is 9.59 Å². The zero-order valence-corrected chi connectivity index (χ0v) is 7.61. The molecule has 0 aliphatic rings. The fraction of sp³-hybridized carbons (Fsp3) is 0.667. The van der Waals surface area contributed by atoms with Crippen LogP contribution < -0.4 is 0 Å². The van der Waals surface area contributed by atoms with Crippen LogP contribution in [-0.4, -0.2) is 32.7 Å². The molecule has 6 nitrogen and oxygen atoms in total. The third-order valence-electron chi connectivity index (χ3n) is 0. The summed E-state index contributed by atoms with van der Waals surface area (Å²) >= 11 is 0. The summed E-state index contributed by atoms with van der Waals surface area (Å²) in [4.78, 5) is 17.1. The van der Waals surface area contributed by atoms with Crippen LogP contribution in [-0.2, 0) is 0 Å². The molecular formula is C6H16O6. The van der Waals surface area contributed by atoms with E-state index in [-0.39, 0.29) is 0 Å². The van der Waals surface area contributed by atoms with Crippen molar-refractivity contribution < 1.29 is 30.0 Å². The molecule has 0 rings (SSSR count). The average molecular weight is 184 g/mol. The van der Waals surface area contributed by atoms with Crippen molar-refractivity contribution in [1.82, 2.24) is 0 Å². The fourth-order valence-corrected chi connectivity index (χ4v) is 0. The predicted octanol–water partition coefficient (Wildman–Crippen LogP) is 2.50. The molecule has 0 unspecified atom stereocenters. The molecule has 6 heteroatoms. The topological polar surface area (TPSA) is 115 Å². The second-order valence-electron chi connectivity index (χ2n) is 0.565. The van der Waals surface area contributed by atoms with Crippen LogP contribution in [0.2, 0.25) is 0 Å². The van der Waals surface area contributed by atoms with Gasteiger partial charge >= 0.3 is 12.3 Å². The molecule has 0 saturated carbocycles. The van der Waals surface area contributed by atoms with Crippen molar-refractivity contribution >= 4 is 12.3 Å². The summed E-state index contributed by atoms with van der Waals surface area (Å²) in [5.41, 5.74) is 0. The van der Waals surface area contributed by atoms with Gasteiger partial charge in [0.2, 0.25) is 0 Å². The highest BCUT2D eigenvalue weighted by Gasteiger charge is 1.70. The lowest BCUT2D eigenvalue weighted by Crippen LogP contribution is -1.81. The second kappa shape index (κ2) is 33.8. The predicted molar refractivity (Wildman–Crippen MR) is 44.0 cm³/mol. The van der Waals surface area contributed by atoms with E-state index in [2.05, 4.69) is 0 Å². The minimum Gasteiger partial charge on any atom is -0.450 e. The maximum Gasteiger partial charge on any atom is 0.503 e. The van der Waals surface area contributed by atoms with Gasteiger partial charge in [-0.15, -0.1) is 0 Å². The lowest BCUT2D eigenvalue weighted by atomic mass is 11.0.